The zero-order valence-corrected chi connectivity index (χ0v) is 17.7. The van der Waals surface area contributed by atoms with Gasteiger partial charge in [-0.2, -0.15) is 5.10 Å². The molecule has 0 aliphatic heterocycles. The molecule has 0 radical (unpaired) electrons. The maximum atomic E-state index is 12.7. The number of hydrogen-bond donors (Lipinski definition) is 2. The molecular formula is C22H21N5O2S. The van der Waals surface area contributed by atoms with E-state index in [1.165, 1.54) is 18.0 Å². The van der Waals surface area contributed by atoms with E-state index in [-0.39, 0.29) is 11.5 Å². The van der Waals surface area contributed by atoms with Crippen LogP contribution >= 0.6 is 11.8 Å². The monoisotopic (exact) mass is 419 g/mol. The minimum Gasteiger partial charge on any atom is -0.325 e. The molecule has 2 N–H and O–H groups in total. The van der Waals surface area contributed by atoms with Crippen LogP contribution in [0, 0.1) is 13.8 Å². The van der Waals surface area contributed by atoms with Crippen LogP contribution in [0.25, 0.3) is 16.7 Å². The summed E-state index contributed by atoms with van der Waals surface area (Å²) in [5.41, 5.74) is 3.89. The molecule has 0 unspecified atom stereocenters. The van der Waals surface area contributed by atoms with E-state index in [1.54, 1.807) is 11.6 Å². The number of anilines is 1. The van der Waals surface area contributed by atoms with E-state index in [9.17, 15) is 9.59 Å². The lowest BCUT2D eigenvalue weighted by Crippen LogP contribution is -2.23. The van der Waals surface area contributed by atoms with E-state index in [0.717, 1.165) is 22.5 Å². The molecular weight excluding hydrogens is 398 g/mol. The minimum atomic E-state index is -0.459. The number of rotatable bonds is 5. The number of nitrogens with one attached hydrogen (secondary N) is 2. The summed E-state index contributed by atoms with van der Waals surface area (Å²) >= 11 is 1.20. The minimum absolute atomic E-state index is 0.161. The largest absolute Gasteiger partial charge is 0.325 e. The van der Waals surface area contributed by atoms with Crippen molar-refractivity contribution in [2.45, 2.75) is 31.2 Å². The van der Waals surface area contributed by atoms with Crippen molar-refractivity contribution < 1.29 is 4.79 Å². The Kier molecular flexibility index (Phi) is 5.41. The van der Waals surface area contributed by atoms with Crippen LogP contribution in [0.1, 0.15) is 18.1 Å². The van der Waals surface area contributed by atoms with Gasteiger partial charge in [0.05, 0.1) is 17.1 Å². The number of carbonyl (C=O) groups is 1. The summed E-state index contributed by atoms with van der Waals surface area (Å²) in [4.78, 5) is 32.5. The van der Waals surface area contributed by atoms with Gasteiger partial charge in [0, 0.05) is 5.69 Å². The van der Waals surface area contributed by atoms with Crippen LogP contribution in [0.5, 0.6) is 0 Å². The van der Waals surface area contributed by atoms with Crippen LogP contribution in [-0.2, 0) is 4.79 Å². The Hall–Kier alpha value is -3.39. The van der Waals surface area contributed by atoms with Crippen molar-refractivity contribution >= 4 is 34.4 Å². The zero-order chi connectivity index (χ0) is 21.3. The number of hydrogen-bond acceptors (Lipinski definition) is 5. The van der Waals surface area contributed by atoms with Gasteiger partial charge in [-0.15, -0.1) is 0 Å². The summed E-state index contributed by atoms with van der Waals surface area (Å²) in [6, 6.07) is 15.3. The van der Waals surface area contributed by atoms with E-state index in [0.29, 0.717) is 16.2 Å². The Balaban J connectivity index is 1.58. The molecule has 2 aromatic heterocycles. The quantitative estimate of drug-likeness (QED) is 0.379. The third kappa shape index (κ3) is 3.99. The molecule has 0 saturated carbocycles. The first-order valence-corrected chi connectivity index (χ1v) is 10.4. The molecule has 8 heteroatoms. The van der Waals surface area contributed by atoms with Gasteiger partial charge in [0.2, 0.25) is 5.91 Å². The maximum absolute atomic E-state index is 12.7. The molecule has 0 bridgehead atoms. The van der Waals surface area contributed by atoms with Crippen molar-refractivity contribution in [2.24, 2.45) is 0 Å². The summed E-state index contributed by atoms with van der Waals surface area (Å²) in [6.45, 7) is 5.75. The van der Waals surface area contributed by atoms with E-state index in [2.05, 4.69) is 20.4 Å². The Bertz CT molecular complexity index is 1280. The number of carbonyl (C=O) groups excluding carboxylic acids is 1. The van der Waals surface area contributed by atoms with Crippen LogP contribution in [0.2, 0.25) is 0 Å². The topological polar surface area (TPSA) is 92.7 Å². The van der Waals surface area contributed by atoms with Gasteiger partial charge in [0.15, 0.2) is 10.8 Å². The fourth-order valence-electron chi connectivity index (χ4n) is 3.12. The first-order valence-electron chi connectivity index (χ1n) is 9.50. The first-order chi connectivity index (χ1) is 14.4. The summed E-state index contributed by atoms with van der Waals surface area (Å²) in [5, 5.41) is 7.55. The van der Waals surface area contributed by atoms with Gasteiger partial charge >= 0.3 is 0 Å². The van der Waals surface area contributed by atoms with Crippen molar-refractivity contribution in [1.29, 1.82) is 0 Å². The number of amides is 1. The molecule has 4 rings (SSSR count). The van der Waals surface area contributed by atoms with Gasteiger partial charge in [-0.25, -0.2) is 9.67 Å². The molecule has 0 spiro atoms. The highest BCUT2D eigenvalue weighted by Crippen LogP contribution is 2.23. The Morgan fingerprint density at radius 2 is 1.93 bits per heavy atom. The molecule has 0 aliphatic carbocycles. The third-order valence-electron chi connectivity index (χ3n) is 4.71. The van der Waals surface area contributed by atoms with Gasteiger partial charge in [0.25, 0.3) is 5.56 Å². The number of para-hydroxylation sites is 1. The summed E-state index contributed by atoms with van der Waals surface area (Å²) in [5.74, 6) is -0.161. The van der Waals surface area contributed by atoms with Gasteiger partial charge in [-0.1, -0.05) is 47.7 Å². The first kappa shape index (κ1) is 19.9. The molecule has 0 fully saturated rings. The highest BCUT2D eigenvalue weighted by molar-refractivity contribution is 8.00. The second kappa shape index (κ2) is 8.16. The molecule has 2 aromatic carbocycles. The Morgan fingerprint density at radius 3 is 2.67 bits per heavy atom. The molecule has 7 nitrogen and oxygen atoms in total. The van der Waals surface area contributed by atoms with Gasteiger partial charge in [-0.3, -0.25) is 9.59 Å². The third-order valence-corrected chi connectivity index (χ3v) is 5.70. The van der Waals surface area contributed by atoms with E-state index in [1.807, 2.05) is 62.4 Å². The highest BCUT2D eigenvalue weighted by atomic mass is 32.2. The SMILES string of the molecule is Cc1ccc(NC(=O)[C@H](C)Sc2nc3c(cnn3-c3ccccc3)c(=O)[nH]2)c(C)c1. The molecule has 2 heterocycles. The molecule has 0 aliphatic rings. The average Bonchev–Trinajstić information content (AvgIpc) is 3.15. The Morgan fingerprint density at radius 1 is 1.17 bits per heavy atom. The number of aryl methyl sites for hydroxylation is 2. The smallest absolute Gasteiger partial charge is 0.262 e. The van der Waals surface area contributed by atoms with Crippen LogP contribution in [0.15, 0.2) is 64.7 Å². The number of fused-ring (bicyclic) bond motifs is 1. The maximum Gasteiger partial charge on any atom is 0.262 e. The lowest BCUT2D eigenvalue weighted by Gasteiger charge is -2.13. The normalized spacial score (nSPS) is 12.1. The average molecular weight is 420 g/mol. The lowest BCUT2D eigenvalue weighted by molar-refractivity contribution is -0.115. The van der Waals surface area contributed by atoms with Crippen molar-refractivity contribution in [1.82, 2.24) is 19.7 Å². The van der Waals surface area contributed by atoms with Crippen LogP contribution in [0.4, 0.5) is 5.69 Å². The summed E-state index contributed by atoms with van der Waals surface area (Å²) in [7, 11) is 0. The van der Waals surface area contributed by atoms with Crippen LogP contribution < -0.4 is 10.9 Å². The van der Waals surface area contributed by atoms with Crippen molar-refractivity contribution in [3.63, 3.8) is 0 Å². The zero-order valence-electron chi connectivity index (χ0n) is 16.8. The number of aromatic nitrogens is 4. The lowest BCUT2D eigenvalue weighted by atomic mass is 10.1. The van der Waals surface area contributed by atoms with Crippen molar-refractivity contribution in [2.75, 3.05) is 5.32 Å². The molecule has 1 amide bonds. The number of aromatic amines is 1. The molecule has 30 heavy (non-hydrogen) atoms. The van der Waals surface area contributed by atoms with Gasteiger partial charge < -0.3 is 10.3 Å². The van der Waals surface area contributed by atoms with E-state index in [4.69, 9.17) is 0 Å². The molecule has 1 atom stereocenters. The van der Waals surface area contributed by atoms with Gasteiger partial charge in [-0.05, 0) is 44.5 Å². The summed E-state index contributed by atoms with van der Waals surface area (Å²) < 4.78 is 1.62. The standard InChI is InChI=1S/C22H21N5O2S/c1-13-9-10-18(14(2)11-13)24-20(28)15(3)30-22-25-19-17(21(29)26-22)12-23-27(19)16-7-5-4-6-8-16/h4-12,15H,1-3H3,(H,24,28)(H,25,26,29)/t15-/m0/s1. The molecule has 152 valence electrons. The van der Waals surface area contributed by atoms with Crippen LogP contribution in [-0.4, -0.2) is 30.9 Å². The molecule has 0 saturated heterocycles. The highest BCUT2D eigenvalue weighted by Gasteiger charge is 2.19. The second-order valence-corrected chi connectivity index (χ2v) is 8.40. The summed E-state index contributed by atoms with van der Waals surface area (Å²) in [6.07, 6.45) is 1.50. The van der Waals surface area contributed by atoms with Gasteiger partial charge in [0.1, 0.15) is 5.39 Å². The predicted octanol–water partition coefficient (Wildman–Crippen LogP) is 3.84. The van der Waals surface area contributed by atoms with E-state index >= 15 is 0 Å². The van der Waals surface area contributed by atoms with Crippen molar-refractivity contribution in [3.8, 4) is 5.69 Å². The number of H-pyrrole nitrogens is 1. The fraction of sp³-hybridized carbons (Fsp3) is 0.182. The predicted molar refractivity (Wildman–Crippen MR) is 119 cm³/mol. The van der Waals surface area contributed by atoms with E-state index < -0.39 is 5.25 Å². The molecule has 4 aromatic rings. The Labute approximate surface area is 177 Å². The number of nitrogens with zero attached hydrogens (tertiary/aromatic N) is 3. The fourth-order valence-corrected chi connectivity index (χ4v) is 3.91. The van der Waals surface area contributed by atoms with Crippen molar-refractivity contribution in [3.05, 3.63) is 76.2 Å². The second-order valence-electron chi connectivity index (χ2n) is 7.07. The number of benzene rings is 2. The number of thioether (sulfide) groups is 1. The van der Waals surface area contributed by atoms with Crippen LogP contribution in [0.3, 0.4) is 0 Å².